The molecule has 2 aromatic rings. The van der Waals surface area contributed by atoms with Gasteiger partial charge in [0.05, 0.1) is 13.1 Å². The maximum Gasteiger partial charge on any atom is 0.315 e. The summed E-state index contributed by atoms with van der Waals surface area (Å²) in [7, 11) is 1.53. The normalized spacial score (nSPS) is 10.2. The molecule has 29 heavy (non-hydrogen) atoms. The molecule has 154 valence electrons. The van der Waals surface area contributed by atoms with Crippen LogP contribution in [-0.2, 0) is 16.1 Å². The first kappa shape index (κ1) is 21.9. The molecule has 0 spiro atoms. The molecule has 0 aromatic heterocycles. The first-order valence-electron chi connectivity index (χ1n) is 9.43. The summed E-state index contributed by atoms with van der Waals surface area (Å²) in [6.45, 7) is 5.95. The van der Waals surface area contributed by atoms with Crippen LogP contribution in [0.3, 0.4) is 0 Å². The Labute approximate surface area is 171 Å². The number of nitrogens with zero attached hydrogens (tertiary/aromatic N) is 1. The number of urea groups is 1. The maximum absolute atomic E-state index is 12.3. The topological polar surface area (TPSA) is 90.5 Å². The molecule has 0 fully saturated rings. The Hall–Kier alpha value is -3.35. The van der Waals surface area contributed by atoms with Crippen molar-refractivity contribution in [2.45, 2.75) is 27.3 Å². The summed E-state index contributed by atoms with van der Waals surface area (Å²) in [5.41, 5.74) is 4.80. The van der Waals surface area contributed by atoms with Crippen molar-refractivity contribution in [3.8, 4) is 0 Å². The number of benzene rings is 2. The molecule has 0 aliphatic rings. The highest BCUT2D eigenvalue weighted by atomic mass is 16.2. The average molecular weight is 396 g/mol. The van der Waals surface area contributed by atoms with Crippen LogP contribution in [0.4, 0.5) is 10.5 Å². The summed E-state index contributed by atoms with van der Waals surface area (Å²) in [6, 6.07) is 13.0. The van der Waals surface area contributed by atoms with Crippen LogP contribution in [0.15, 0.2) is 42.5 Å². The van der Waals surface area contributed by atoms with Crippen molar-refractivity contribution in [3.05, 3.63) is 64.7 Å². The second-order valence-electron chi connectivity index (χ2n) is 7.09. The number of hydrogen-bond donors (Lipinski definition) is 3. The quantitative estimate of drug-likeness (QED) is 0.672. The summed E-state index contributed by atoms with van der Waals surface area (Å²) in [5.74, 6) is -0.642. The van der Waals surface area contributed by atoms with E-state index in [9.17, 15) is 14.4 Å². The van der Waals surface area contributed by atoms with Gasteiger partial charge in [0.2, 0.25) is 11.8 Å². The van der Waals surface area contributed by atoms with Crippen LogP contribution in [-0.4, -0.2) is 42.9 Å². The van der Waals surface area contributed by atoms with Crippen LogP contribution in [0.25, 0.3) is 0 Å². The second-order valence-corrected chi connectivity index (χ2v) is 7.09. The number of carbonyl (C=O) groups excluding carboxylic acids is 3. The van der Waals surface area contributed by atoms with E-state index in [-0.39, 0.29) is 24.9 Å². The fourth-order valence-electron chi connectivity index (χ4n) is 2.99. The fourth-order valence-corrected chi connectivity index (χ4v) is 2.99. The maximum atomic E-state index is 12.3. The van der Waals surface area contributed by atoms with Gasteiger partial charge < -0.3 is 20.9 Å². The molecule has 0 aliphatic carbocycles. The van der Waals surface area contributed by atoms with Crippen molar-refractivity contribution in [2.75, 3.05) is 25.5 Å². The molecule has 0 saturated heterocycles. The van der Waals surface area contributed by atoms with E-state index in [2.05, 4.69) is 16.0 Å². The van der Waals surface area contributed by atoms with Gasteiger partial charge in [-0.2, -0.15) is 0 Å². The summed E-state index contributed by atoms with van der Waals surface area (Å²) >= 11 is 0. The Bertz CT molecular complexity index is 858. The predicted octanol–water partition coefficient (Wildman–Crippen LogP) is 2.51. The first-order valence-corrected chi connectivity index (χ1v) is 9.43. The van der Waals surface area contributed by atoms with Crippen LogP contribution >= 0.6 is 0 Å². The van der Waals surface area contributed by atoms with E-state index >= 15 is 0 Å². The first-order chi connectivity index (χ1) is 13.8. The molecule has 3 N–H and O–H groups in total. The number of rotatable bonds is 7. The van der Waals surface area contributed by atoms with Crippen LogP contribution in [0.2, 0.25) is 0 Å². The zero-order valence-electron chi connectivity index (χ0n) is 17.3. The molecule has 7 heteroatoms. The smallest absolute Gasteiger partial charge is 0.315 e. The molecule has 0 unspecified atom stereocenters. The average Bonchev–Trinajstić information content (AvgIpc) is 2.68. The molecule has 0 heterocycles. The number of hydrogen-bond acceptors (Lipinski definition) is 3. The highest BCUT2D eigenvalue weighted by Crippen LogP contribution is 2.21. The van der Waals surface area contributed by atoms with Gasteiger partial charge in [-0.05, 0) is 37.5 Å². The minimum absolute atomic E-state index is 0.0983. The summed E-state index contributed by atoms with van der Waals surface area (Å²) < 4.78 is 0. The minimum Gasteiger partial charge on any atom is -0.335 e. The molecule has 0 aliphatic heterocycles. The third-order valence-corrected chi connectivity index (χ3v) is 4.44. The number of carbonyl (C=O) groups is 3. The Morgan fingerprint density at radius 2 is 1.55 bits per heavy atom. The molecular weight excluding hydrogens is 368 g/mol. The second kappa shape index (κ2) is 10.3. The SMILES string of the molecule is Cc1cc(C)c(NC(=O)CN(C)C(=O)CNC(=O)NCc2ccccc2)c(C)c1. The Morgan fingerprint density at radius 3 is 2.17 bits per heavy atom. The Kier molecular flexibility index (Phi) is 7.77. The molecule has 2 aromatic carbocycles. The highest BCUT2D eigenvalue weighted by Gasteiger charge is 2.15. The predicted molar refractivity (Wildman–Crippen MR) is 114 cm³/mol. The number of amides is 4. The summed E-state index contributed by atoms with van der Waals surface area (Å²) in [4.78, 5) is 37.6. The Balaban J connectivity index is 1.76. The largest absolute Gasteiger partial charge is 0.335 e. The fraction of sp³-hybridized carbons (Fsp3) is 0.318. The van der Waals surface area contributed by atoms with E-state index < -0.39 is 6.03 Å². The number of aryl methyl sites for hydroxylation is 3. The van der Waals surface area contributed by atoms with Crippen LogP contribution in [0.5, 0.6) is 0 Å². The van der Waals surface area contributed by atoms with Crippen LogP contribution in [0.1, 0.15) is 22.3 Å². The van der Waals surface area contributed by atoms with E-state index in [1.165, 1.54) is 11.9 Å². The van der Waals surface area contributed by atoms with Gasteiger partial charge in [-0.1, -0.05) is 48.0 Å². The lowest BCUT2D eigenvalue weighted by molar-refractivity contribution is -0.132. The van der Waals surface area contributed by atoms with Gasteiger partial charge in [0, 0.05) is 19.3 Å². The van der Waals surface area contributed by atoms with Crippen LogP contribution < -0.4 is 16.0 Å². The highest BCUT2D eigenvalue weighted by molar-refractivity contribution is 5.96. The molecule has 2 rings (SSSR count). The number of anilines is 1. The molecule has 0 radical (unpaired) electrons. The van der Waals surface area contributed by atoms with Crippen molar-refractivity contribution in [1.29, 1.82) is 0 Å². The Morgan fingerprint density at radius 1 is 0.931 bits per heavy atom. The zero-order chi connectivity index (χ0) is 21.4. The number of nitrogens with one attached hydrogen (secondary N) is 3. The van der Waals surface area contributed by atoms with Gasteiger partial charge in [-0.25, -0.2) is 4.79 Å². The van der Waals surface area contributed by atoms with E-state index in [4.69, 9.17) is 0 Å². The molecule has 0 atom stereocenters. The van der Waals surface area contributed by atoms with E-state index in [0.717, 1.165) is 27.9 Å². The number of likely N-dealkylation sites (N-methyl/N-ethyl adjacent to an activating group) is 1. The third-order valence-electron chi connectivity index (χ3n) is 4.44. The van der Waals surface area contributed by atoms with Gasteiger partial charge in [-0.15, -0.1) is 0 Å². The minimum atomic E-state index is -0.439. The van der Waals surface area contributed by atoms with Crippen molar-refractivity contribution >= 4 is 23.5 Å². The van der Waals surface area contributed by atoms with Gasteiger partial charge >= 0.3 is 6.03 Å². The van der Waals surface area contributed by atoms with Gasteiger partial charge in [0.1, 0.15) is 0 Å². The van der Waals surface area contributed by atoms with E-state index in [0.29, 0.717) is 6.54 Å². The van der Waals surface area contributed by atoms with E-state index in [1.807, 2.05) is 63.2 Å². The molecular formula is C22H28N4O3. The molecule has 0 saturated carbocycles. The standard InChI is InChI=1S/C22H28N4O3/c1-15-10-16(2)21(17(3)11-15)25-19(27)14-26(4)20(28)13-24-22(29)23-12-18-8-6-5-7-9-18/h5-11H,12-14H2,1-4H3,(H,25,27)(H2,23,24,29). The summed E-state index contributed by atoms with van der Waals surface area (Å²) in [5, 5.41) is 8.05. The van der Waals surface area contributed by atoms with Crippen molar-refractivity contribution < 1.29 is 14.4 Å². The van der Waals surface area contributed by atoms with Gasteiger partial charge in [0.15, 0.2) is 0 Å². The van der Waals surface area contributed by atoms with Gasteiger partial charge in [0.25, 0.3) is 0 Å². The van der Waals surface area contributed by atoms with Gasteiger partial charge in [-0.3, -0.25) is 9.59 Å². The van der Waals surface area contributed by atoms with E-state index in [1.54, 1.807) is 0 Å². The van der Waals surface area contributed by atoms with Crippen LogP contribution in [0, 0.1) is 20.8 Å². The zero-order valence-corrected chi connectivity index (χ0v) is 17.3. The van der Waals surface area contributed by atoms with Crippen molar-refractivity contribution in [3.63, 3.8) is 0 Å². The molecule has 7 nitrogen and oxygen atoms in total. The van der Waals surface area contributed by atoms with Crippen molar-refractivity contribution in [1.82, 2.24) is 15.5 Å². The third kappa shape index (κ3) is 6.95. The lowest BCUT2D eigenvalue weighted by Gasteiger charge is -2.19. The summed E-state index contributed by atoms with van der Waals surface area (Å²) in [6.07, 6.45) is 0. The lowest BCUT2D eigenvalue weighted by atomic mass is 10.1. The lowest BCUT2D eigenvalue weighted by Crippen LogP contribution is -2.44. The van der Waals surface area contributed by atoms with Crippen molar-refractivity contribution in [2.24, 2.45) is 0 Å². The molecule has 4 amide bonds. The molecule has 0 bridgehead atoms. The monoisotopic (exact) mass is 396 g/mol.